The van der Waals surface area contributed by atoms with Crippen LogP contribution >= 0.6 is 0 Å². The van der Waals surface area contributed by atoms with E-state index in [1.807, 2.05) is 19.2 Å². The minimum atomic E-state index is -0.632. The number of nitrogens with one attached hydrogen (secondary N) is 2. The number of fused-ring (bicyclic) bond motifs is 1. The number of nitrogens with zero attached hydrogens (tertiary/aromatic N) is 3. The molecule has 142 valence electrons. The second kappa shape index (κ2) is 8.11. The Morgan fingerprint density at radius 2 is 2.15 bits per heavy atom. The van der Waals surface area contributed by atoms with Gasteiger partial charge in [-0.1, -0.05) is 5.18 Å². The Balaban J connectivity index is 1.69. The van der Waals surface area contributed by atoms with E-state index in [0.29, 0.717) is 16.9 Å². The largest absolute Gasteiger partial charge is 0.383 e. The van der Waals surface area contributed by atoms with E-state index in [2.05, 4.69) is 25.7 Å². The van der Waals surface area contributed by atoms with Crippen LogP contribution in [-0.2, 0) is 11.2 Å². The lowest BCUT2D eigenvalue weighted by Gasteiger charge is -2.13. The highest BCUT2D eigenvalue weighted by Crippen LogP contribution is 2.30. The van der Waals surface area contributed by atoms with Crippen molar-refractivity contribution in [3.05, 3.63) is 46.8 Å². The Labute approximate surface area is 157 Å². The molecule has 0 saturated heterocycles. The van der Waals surface area contributed by atoms with Crippen LogP contribution in [0.5, 0.6) is 0 Å². The van der Waals surface area contributed by atoms with Crippen LogP contribution in [-0.4, -0.2) is 43.6 Å². The number of amides is 1. The van der Waals surface area contributed by atoms with Gasteiger partial charge in [0.1, 0.15) is 11.9 Å². The molecule has 0 saturated carbocycles. The number of carbonyl (C=O) groups excluding carboxylic acids is 1. The van der Waals surface area contributed by atoms with Crippen LogP contribution in [0.2, 0.25) is 0 Å². The second-order valence-electron chi connectivity index (χ2n) is 6.61. The van der Waals surface area contributed by atoms with Gasteiger partial charge in [0.2, 0.25) is 5.91 Å². The molecule has 27 heavy (non-hydrogen) atoms. The first-order valence-corrected chi connectivity index (χ1v) is 8.79. The third kappa shape index (κ3) is 4.39. The summed E-state index contributed by atoms with van der Waals surface area (Å²) in [6.45, 7) is 2.63. The Hall–Kier alpha value is -3.03. The van der Waals surface area contributed by atoms with E-state index in [9.17, 15) is 14.1 Å². The molecule has 0 spiro atoms. The molecule has 2 N–H and O–H groups in total. The summed E-state index contributed by atoms with van der Waals surface area (Å²) < 4.78 is 14.6. The molecule has 1 atom stereocenters. The molecule has 1 unspecified atom stereocenters. The number of pyridine rings is 1. The highest BCUT2D eigenvalue weighted by Gasteiger charge is 2.18. The molecule has 0 aliphatic carbocycles. The Kier molecular flexibility index (Phi) is 5.63. The quantitative estimate of drug-likeness (QED) is 0.731. The maximum Gasteiger partial charge on any atom is 0.216 e. The Morgan fingerprint density at radius 3 is 2.85 bits per heavy atom. The maximum atomic E-state index is 14.6. The fourth-order valence-electron chi connectivity index (χ4n) is 3.05. The number of hydrogen-bond donors (Lipinski definition) is 2. The molecule has 1 aromatic heterocycles. The van der Waals surface area contributed by atoms with Crippen molar-refractivity contribution in [2.24, 2.45) is 5.18 Å². The summed E-state index contributed by atoms with van der Waals surface area (Å²) in [5, 5.41) is 8.48. The molecular formula is C19H22FN5O2. The summed E-state index contributed by atoms with van der Waals surface area (Å²) in [7, 11) is 2.02. The SMILES string of the molecule is CC(=O)NCC(CNc1ccc(-c2ccc3c(n2)CCN3C)c(F)c1)N=O. The smallest absolute Gasteiger partial charge is 0.216 e. The average molecular weight is 371 g/mol. The summed E-state index contributed by atoms with van der Waals surface area (Å²) in [6.07, 6.45) is 0.856. The van der Waals surface area contributed by atoms with Gasteiger partial charge in [-0.3, -0.25) is 9.78 Å². The zero-order chi connectivity index (χ0) is 19.4. The van der Waals surface area contributed by atoms with Crippen LogP contribution in [0.1, 0.15) is 12.6 Å². The molecule has 2 heterocycles. The molecule has 1 aromatic carbocycles. The number of anilines is 2. The first-order valence-electron chi connectivity index (χ1n) is 8.79. The summed E-state index contributed by atoms with van der Waals surface area (Å²) in [5.74, 6) is -0.622. The number of rotatable bonds is 7. The van der Waals surface area contributed by atoms with Crippen molar-refractivity contribution in [2.75, 3.05) is 36.9 Å². The van der Waals surface area contributed by atoms with Crippen molar-refractivity contribution >= 4 is 17.3 Å². The number of likely N-dealkylation sites (N-methyl/N-ethyl adjacent to an activating group) is 1. The van der Waals surface area contributed by atoms with Crippen LogP contribution < -0.4 is 15.5 Å². The van der Waals surface area contributed by atoms with Gasteiger partial charge in [-0.15, -0.1) is 0 Å². The van der Waals surface area contributed by atoms with Crippen molar-refractivity contribution < 1.29 is 9.18 Å². The maximum absolute atomic E-state index is 14.6. The van der Waals surface area contributed by atoms with Crippen LogP contribution in [0.25, 0.3) is 11.3 Å². The van der Waals surface area contributed by atoms with E-state index in [4.69, 9.17) is 0 Å². The molecule has 3 rings (SSSR count). The van der Waals surface area contributed by atoms with Crippen LogP contribution in [0.15, 0.2) is 35.5 Å². The first-order chi connectivity index (χ1) is 13.0. The monoisotopic (exact) mass is 371 g/mol. The van der Waals surface area contributed by atoms with Gasteiger partial charge >= 0.3 is 0 Å². The van der Waals surface area contributed by atoms with E-state index in [1.165, 1.54) is 13.0 Å². The number of hydrogen-bond acceptors (Lipinski definition) is 6. The van der Waals surface area contributed by atoms with Crippen molar-refractivity contribution in [3.63, 3.8) is 0 Å². The highest BCUT2D eigenvalue weighted by atomic mass is 19.1. The van der Waals surface area contributed by atoms with Gasteiger partial charge in [0.15, 0.2) is 0 Å². The van der Waals surface area contributed by atoms with Gasteiger partial charge < -0.3 is 15.5 Å². The van der Waals surface area contributed by atoms with Crippen molar-refractivity contribution in [3.8, 4) is 11.3 Å². The van der Waals surface area contributed by atoms with Crippen molar-refractivity contribution in [2.45, 2.75) is 19.4 Å². The lowest BCUT2D eigenvalue weighted by Crippen LogP contribution is -2.33. The van der Waals surface area contributed by atoms with E-state index in [1.54, 1.807) is 12.1 Å². The number of benzene rings is 1. The minimum Gasteiger partial charge on any atom is -0.383 e. The zero-order valence-electron chi connectivity index (χ0n) is 15.3. The minimum absolute atomic E-state index is 0.139. The fourth-order valence-corrected chi connectivity index (χ4v) is 3.05. The number of nitroso groups, excluding NO2 is 1. The molecule has 1 aliphatic heterocycles. The molecule has 1 aliphatic rings. The summed E-state index contributed by atoms with van der Waals surface area (Å²) in [4.78, 5) is 28.5. The third-order valence-electron chi connectivity index (χ3n) is 4.57. The van der Waals surface area contributed by atoms with E-state index in [0.717, 1.165) is 24.3 Å². The molecule has 0 radical (unpaired) electrons. The predicted octanol–water partition coefficient (Wildman–Crippen LogP) is 2.56. The van der Waals surface area contributed by atoms with Crippen LogP contribution in [0.4, 0.5) is 15.8 Å². The van der Waals surface area contributed by atoms with Gasteiger partial charge in [0.05, 0.1) is 17.1 Å². The molecule has 8 heteroatoms. The van der Waals surface area contributed by atoms with Crippen molar-refractivity contribution in [1.82, 2.24) is 10.3 Å². The van der Waals surface area contributed by atoms with Crippen LogP contribution in [0, 0.1) is 10.7 Å². The molecule has 0 bridgehead atoms. The zero-order valence-corrected chi connectivity index (χ0v) is 15.3. The molecule has 0 fully saturated rings. The summed E-state index contributed by atoms with van der Waals surface area (Å²) in [6, 6.07) is 7.94. The molecule has 2 aromatic rings. The average Bonchev–Trinajstić information content (AvgIpc) is 3.02. The molecular weight excluding hydrogens is 349 g/mol. The van der Waals surface area contributed by atoms with Gasteiger partial charge in [0, 0.05) is 51.3 Å². The number of carbonyl (C=O) groups is 1. The second-order valence-corrected chi connectivity index (χ2v) is 6.61. The van der Waals surface area contributed by atoms with E-state index >= 15 is 0 Å². The molecule has 7 nitrogen and oxygen atoms in total. The highest BCUT2D eigenvalue weighted by molar-refractivity contribution is 5.72. The molecule has 1 amide bonds. The van der Waals surface area contributed by atoms with Gasteiger partial charge in [-0.05, 0) is 30.3 Å². The van der Waals surface area contributed by atoms with Gasteiger partial charge in [-0.2, -0.15) is 4.91 Å². The van der Waals surface area contributed by atoms with E-state index in [-0.39, 0.29) is 19.0 Å². The van der Waals surface area contributed by atoms with Gasteiger partial charge in [0.25, 0.3) is 0 Å². The predicted molar refractivity (Wildman–Crippen MR) is 103 cm³/mol. The summed E-state index contributed by atoms with van der Waals surface area (Å²) >= 11 is 0. The fraction of sp³-hybridized carbons (Fsp3) is 0.368. The Morgan fingerprint density at radius 1 is 1.33 bits per heavy atom. The normalized spacial score (nSPS) is 13.8. The van der Waals surface area contributed by atoms with E-state index < -0.39 is 11.9 Å². The topological polar surface area (TPSA) is 86.7 Å². The lowest BCUT2D eigenvalue weighted by atomic mass is 10.1. The Bertz CT molecular complexity index is 858. The number of aromatic nitrogens is 1. The van der Waals surface area contributed by atoms with Gasteiger partial charge in [-0.25, -0.2) is 4.39 Å². The van der Waals surface area contributed by atoms with Crippen molar-refractivity contribution in [1.29, 1.82) is 0 Å². The first kappa shape index (κ1) is 18.8. The number of halogens is 1. The van der Waals surface area contributed by atoms with Crippen LogP contribution in [0.3, 0.4) is 0 Å². The third-order valence-corrected chi connectivity index (χ3v) is 4.57. The standard InChI is InChI=1S/C19H22FN5O2/c1-12(26)21-10-14(24-27)11-22-13-3-4-15(16(20)9-13)17-5-6-19-18(23-17)7-8-25(19)2/h3-6,9,14,22H,7-8,10-11H2,1-2H3,(H,21,26). The lowest BCUT2D eigenvalue weighted by molar-refractivity contribution is -0.119. The summed E-state index contributed by atoms with van der Waals surface area (Å²) in [5.41, 5.74) is 3.64.